The zero-order chi connectivity index (χ0) is 16.6. The van der Waals surface area contributed by atoms with Gasteiger partial charge in [0.2, 0.25) is 0 Å². The van der Waals surface area contributed by atoms with Crippen molar-refractivity contribution >= 4 is 31.7 Å². The molecule has 2 fully saturated rings. The summed E-state index contributed by atoms with van der Waals surface area (Å²) >= 11 is 3.29. The van der Waals surface area contributed by atoms with Crippen LogP contribution in [0.2, 0.25) is 0 Å². The molecule has 5 nitrogen and oxygen atoms in total. The van der Waals surface area contributed by atoms with Crippen LogP contribution in [0.3, 0.4) is 0 Å². The number of amides is 1. The Kier molecular flexibility index (Phi) is 4.75. The summed E-state index contributed by atoms with van der Waals surface area (Å²) < 4.78 is 37.1. The summed E-state index contributed by atoms with van der Waals surface area (Å²) in [5, 5.41) is 0. The smallest absolute Gasteiger partial charge is 0.255 e. The fourth-order valence-electron chi connectivity index (χ4n) is 3.35. The van der Waals surface area contributed by atoms with Gasteiger partial charge in [0.15, 0.2) is 9.84 Å². The van der Waals surface area contributed by atoms with Gasteiger partial charge in [0.1, 0.15) is 17.6 Å². The van der Waals surface area contributed by atoms with Gasteiger partial charge in [-0.15, -0.1) is 0 Å². The molecule has 2 aliphatic heterocycles. The lowest BCUT2D eigenvalue weighted by Gasteiger charge is -2.35. The molecule has 0 saturated carbocycles. The molecule has 0 aliphatic carbocycles. The number of nitrogens with zero attached hydrogens (tertiary/aromatic N) is 1. The van der Waals surface area contributed by atoms with Crippen molar-refractivity contribution in [2.24, 2.45) is 0 Å². The van der Waals surface area contributed by atoms with Gasteiger partial charge in [-0.1, -0.05) is 0 Å². The predicted molar refractivity (Wildman–Crippen MR) is 87.8 cm³/mol. The number of nitrogens with one attached hydrogen (secondary N) is 1. The average Bonchev–Trinajstić information content (AvgIpc) is 2.89. The number of hydrogen-bond donors (Lipinski definition) is 1. The maximum atomic E-state index is 13.4. The number of hydrogen-bond acceptors (Lipinski definition) is 3. The van der Waals surface area contributed by atoms with Crippen LogP contribution >= 0.6 is 15.9 Å². The van der Waals surface area contributed by atoms with E-state index < -0.39 is 15.7 Å². The molecule has 1 aromatic rings. The zero-order valence-corrected chi connectivity index (χ0v) is 15.0. The van der Waals surface area contributed by atoms with E-state index in [4.69, 9.17) is 0 Å². The first-order valence-corrected chi connectivity index (χ1v) is 10.3. The molecular weight excluding hydrogens is 387 g/mol. The molecule has 3 rings (SSSR count). The number of halogens is 2. The van der Waals surface area contributed by atoms with Crippen LogP contribution in [0.1, 0.15) is 16.8 Å². The molecule has 2 aliphatic rings. The number of sulfone groups is 1. The lowest BCUT2D eigenvalue weighted by Crippen LogP contribution is -3.18. The Morgan fingerprint density at radius 2 is 2.00 bits per heavy atom. The van der Waals surface area contributed by atoms with Crippen molar-refractivity contribution in [3.63, 3.8) is 0 Å². The molecule has 2 heterocycles. The Hall–Kier alpha value is -0.990. The van der Waals surface area contributed by atoms with E-state index in [1.165, 1.54) is 23.1 Å². The van der Waals surface area contributed by atoms with E-state index in [1.807, 2.05) is 0 Å². The molecule has 0 radical (unpaired) electrons. The van der Waals surface area contributed by atoms with Crippen LogP contribution in [0, 0.1) is 5.82 Å². The first-order chi connectivity index (χ1) is 10.9. The van der Waals surface area contributed by atoms with Crippen LogP contribution in [0.5, 0.6) is 0 Å². The molecule has 0 aromatic heterocycles. The molecule has 1 N–H and O–H groups in total. The highest BCUT2D eigenvalue weighted by Crippen LogP contribution is 2.20. The Morgan fingerprint density at radius 3 is 2.61 bits per heavy atom. The van der Waals surface area contributed by atoms with E-state index in [1.54, 1.807) is 4.90 Å². The minimum atomic E-state index is -2.88. The van der Waals surface area contributed by atoms with Crippen LogP contribution in [-0.2, 0) is 9.84 Å². The van der Waals surface area contributed by atoms with Crippen LogP contribution in [0.4, 0.5) is 4.39 Å². The van der Waals surface area contributed by atoms with Gasteiger partial charge in [-0.3, -0.25) is 4.79 Å². The summed E-state index contributed by atoms with van der Waals surface area (Å²) in [6.07, 6.45) is 0.709. The van der Waals surface area contributed by atoms with Gasteiger partial charge in [-0.25, -0.2) is 12.8 Å². The van der Waals surface area contributed by atoms with Crippen molar-refractivity contribution in [2.45, 2.75) is 12.5 Å². The molecule has 23 heavy (non-hydrogen) atoms. The van der Waals surface area contributed by atoms with E-state index in [0.29, 0.717) is 29.5 Å². The van der Waals surface area contributed by atoms with Gasteiger partial charge in [0.25, 0.3) is 5.91 Å². The molecule has 1 atom stereocenters. The second-order valence-corrected chi connectivity index (χ2v) is 9.26. The minimum absolute atomic E-state index is 0.151. The maximum absolute atomic E-state index is 13.4. The highest BCUT2D eigenvalue weighted by atomic mass is 79.9. The van der Waals surface area contributed by atoms with Gasteiger partial charge in [0.05, 0.1) is 37.5 Å². The maximum Gasteiger partial charge on any atom is 0.255 e. The SMILES string of the molecule is O=C(c1cc(F)ccc1Br)N1CC[NH+]([C@H]2CCS(=O)(=O)C2)CC1. The molecule has 2 saturated heterocycles. The average molecular weight is 406 g/mol. The van der Waals surface area contributed by atoms with E-state index >= 15 is 0 Å². The summed E-state index contributed by atoms with van der Waals surface area (Å²) in [6.45, 7) is 2.60. The van der Waals surface area contributed by atoms with Crippen molar-refractivity contribution in [1.82, 2.24) is 4.90 Å². The highest BCUT2D eigenvalue weighted by molar-refractivity contribution is 9.10. The number of piperazine rings is 1. The first-order valence-electron chi connectivity index (χ1n) is 7.65. The van der Waals surface area contributed by atoms with Gasteiger partial charge in [-0.05, 0) is 34.1 Å². The summed E-state index contributed by atoms with van der Waals surface area (Å²) in [7, 11) is -2.88. The van der Waals surface area contributed by atoms with E-state index in [0.717, 1.165) is 13.1 Å². The molecule has 0 unspecified atom stereocenters. The summed E-state index contributed by atoms with van der Waals surface area (Å²) in [5.74, 6) is -0.0855. The van der Waals surface area contributed by atoms with Gasteiger partial charge in [-0.2, -0.15) is 0 Å². The number of carbonyl (C=O) groups is 1. The zero-order valence-electron chi connectivity index (χ0n) is 12.6. The third-order valence-electron chi connectivity index (χ3n) is 4.66. The molecule has 0 spiro atoms. The van der Waals surface area contributed by atoms with Gasteiger partial charge >= 0.3 is 0 Å². The van der Waals surface area contributed by atoms with Crippen LogP contribution in [-0.4, -0.2) is 63.0 Å². The number of quaternary nitrogens is 1. The Bertz CT molecular complexity index is 717. The van der Waals surface area contributed by atoms with Crippen molar-refractivity contribution in [1.29, 1.82) is 0 Å². The van der Waals surface area contributed by atoms with E-state index in [-0.39, 0.29) is 23.5 Å². The largest absolute Gasteiger partial charge is 0.329 e. The second kappa shape index (κ2) is 6.49. The molecule has 1 aromatic carbocycles. The third kappa shape index (κ3) is 3.75. The predicted octanol–water partition coefficient (Wildman–Crippen LogP) is 0.116. The van der Waals surface area contributed by atoms with E-state index in [2.05, 4.69) is 15.9 Å². The molecular formula is C15H19BrFN2O3S+. The first kappa shape index (κ1) is 16.9. The molecule has 0 bridgehead atoms. The lowest BCUT2D eigenvalue weighted by molar-refractivity contribution is -0.925. The fraction of sp³-hybridized carbons (Fsp3) is 0.533. The molecule has 8 heteroatoms. The number of benzene rings is 1. The fourth-order valence-corrected chi connectivity index (χ4v) is 5.60. The third-order valence-corrected chi connectivity index (χ3v) is 7.12. The minimum Gasteiger partial charge on any atom is -0.329 e. The van der Waals surface area contributed by atoms with Crippen LogP contribution in [0.25, 0.3) is 0 Å². The monoisotopic (exact) mass is 405 g/mol. The summed E-state index contributed by atoms with van der Waals surface area (Å²) in [5.41, 5.74) is 0.330. The van der Waals surface area contributed by atoms with Crippen LogP contribution in [0.15, 0.2) is 22.7 Å². The van der Waals surface area contributed by atoms with Crippen molar-refractivity contribution < 1.29 is 22.5 Å². The number of carbonyl (C=O) groups excluding carboxylic acids is 1. The Balaban J connectivity index is 1.63. The second-order valence-electron chi connectivity index (χ2n) is 6.17. The molecule has 126 valence electrons. The topological polar surface area (TPSA) is 58.9 Å². The van der Waals surface area contributed by atoms with Crippen molar-refractivity contribution in [3.8, 4) is 0 Å². The standard InChI is InChI=1S/C15H18BrFN2O3S/c16-14-2-1-11(17)9-13(14)15(20)19-6-4-18(5-7-19)12-3-8-23(21,22)10-12/h1-2,9,12H,3-8,10H2/p+1/t12-/m0/s1. The summed E-state index contributed by atoms with van der Waals surface area (Å²) in [4.78, 5) is 15.5. The normalized spacial score (nSPS) is 24.8. The van der Waals surface area contributed by atoms with Crippen molar-refractivity contribution in [2.75, 3.05) is 37.7 Å². The summed E-state index contributed by atoms with van der Waals surface area (Å²) in [6, 6.07) is 4.24. The van der Waals surface area contributed by atoms with Crippen LogP contribution < -0.4 is 4.90 Å². The Morgan fingerprint density at radius 1 is 1.30 bits per heavy atom. The van der Waals surface area contributed by atoms with Crippen molar-refractivity contribution in [3.05, 3.63) is 34.1 Å². The van der Waals surface area contributed by atoms with Gasteiger partial charge < -0.3 is 9.80 Å². The van der Waals surface area contributed by atoms with Gasteiger partial charge in [0, 0.05) is 10.9 Å². The highest BCUT2D eigenvalue weighted by Gasteiger charge is 2.37. The lowest BCUT2D eigenvalue weighted by atomic mass is 10.1. The quantitative estimate of drug-likeness (QED) is 0.759. The Labute approximate surface area is 143 Å². The molecule has 1 amide bonds. The number of rotatable bonds is 2. The van der Waals surface area contributed by atoms with E-state index in [9.17, 15) is 17.6 Å².